The van der Waals surface area contributed by atoms with Crippen LogP contribution in [0.5, 0.6) is 11.5 Å². The van der Waals surface area contributed by atoms with E-state index >= 15 is 0 Å². The SMILES string of the molecule is COc1ccc(C=O)cc1OCC(O)CC1CCCC1. The van der Waals surface area contributed by atoms with Gasteiger partial charge in [-0.15, -0.1) is 0 Å². The maximum Gasteiger partial charge on any atom is 0.162 e. The monoisotopic (exact) mass is 278 g/mol. The van der Waals surface area contributed by atoms with Crippen molar-refractivity contribution >= 4 is 6.29 Å². The lowest BCUT2D eigenvalue weighted by Gasteiger charge is -2.17. The van der Waals surface area contributed by atoms with E-state index in [1.165, 1.54) is 25.7 Å². The van der Waals surface area contributed by atoms with Crippen LogP contribution in [0.25, 0.3) is 0 Å². The number of rotatable bonds is 7. The van der Waals surface area contributed by atoms with Gasteiger partial charge >= 0.3 is 0 Å². The van der Waals surface area contributed by atoms with E-state index in [1.807, 2.05) is 0 Å². The molecule has 0 amide bonds. The van der Waals surface area contributed by atoms with Gasteiger partial charge in [0.25, 0.3) is 0 Å². The molecule has 1 saturated carbocycles. The molecule has 1 aromatic rings. The first-order valence-electron chi connectivity index (χ1n) is 7.17. The standard InChI is InChI=1S/C16H22O4/c1-19-15-7-6-13(10-17)9-16(15)20-11-14(18)8-12-4-2-3-5-12/h6-7,9-10,12,14,18H,2-5,8,11H2,1H3. The van der Waals surface area contributed by atoms with Crippen molar-refractivity contribution in [1.29, 1.82) is 0 Å². The van der Waals surface area contributed by atoms with Crippen LogP contribution < -0.4 is 9.47 Å². The van der Waals surface area contributed by atoms with Crippen LogP contribution in [0.2, 0.25) is 0 Å². The molecule has 1 fully saturated rings. The molecule has 1 aromatic carbocycles. The molecule has 2 rings (SSSR count). The first-order chi connectivity index (χ1) is 9.72. The molecule has 0 aromatic heterocycles. The third-order valence-electron chi connectivity index (χ3n) is 3.84. The number of carbonyl (C=O) groups is 1. The maximum atomic E-state index is 10.8. The van der Waals surface area contributed by atoms with Crippen molar-refractivity contribution in [3.63, 3.8) is 0 Å². The van der Waals surface area contributed by atoms with Gasteiger partial charge < -0.3 is 14.6 Å². The van der Waals surface area contributed by atoms with Crippen LogP contribution >= 0.6 is 0 Å². The average molecular weight is 278 g/mol. The van der Waals surface area contributed by atoms with Crippen LogP contribution in [0, 0.1) is 5.92 Å². The summed E-state index contributed by atoms with van der Waals surface area (Å²) in [7, 11) is 1.55. The van der Waals surface area contributed by atoms with Crippen LogP contribution in [0.3, 0.4) is 0 Å². The zero-order chi connectivity index (χ0) is 14.4. The average Bonchev–Trinajstić information content (AvgIpc) is 2.97. The summed E-state index contributed by atoms with van der Waals surface area (Å²) in [5.41, 5.74) is 0.533. The smallest absolute Gasteiger partial charge is 0.162 e. The fraction of sp³-hybridized carbons (Fsp3) is 0.562. The van der Waals surface area contributed by atoms with Gasteiger partial charge in [-0.3, -0.25) is 4.79 Å². The molecule has 1 atom stereocenters. The second-order valence-electron chi connectivity index (χ2n) is 5.38. The van der Waals surface area contributed by atoms with Crippen LogP contribution in [0.4, 0.5) is 0 Å². The van der Waals surface area contributed by atoms with Gasteiger partial charge in [-0.1, -0.05) is 25.7 Å². The fourth-order valence-electron chi connectivity index (χ4n) is 2.76. The Bertz CT molecular complexity index is 438. The molecule has 1 aliphatic rings. The Kier molecular flexibility index (Phi) is 5.41. The van der Waals surface area contributed by atoms with Crippen molar-refractivity contribution in [1.82, 2.24) is 0 Å². The van der Waals surface area contributed by atoms with Crippen LogP contribution in [-0.2, 0) is 0 Å². The minimum absolute atomic E-state index is 0.231. The fourth-order valence-corrected chi connectivity index (χ4v) is 2.76. The summed E-state index contributed by atoms with van der Waals surface area (Å²) in [5, 5.41) is 10.0. The zero-order valence-electron chi connectivity index (χ0n) is 11.9. The molecule has 110 valence electrons. The predicted molar refractivity (Wildman–Crippen MR) is 76.5 cm³/mol. The summed E-state index contributed by atoms with van der Waals surface area (Å²) in [6.07, 6.45) is 6.04. The lowest BCUT2D eigenvalue weighted by atomic mass is 10.0. The first-order valence-corrected chi connectivity index (χ1v) is 7.17. The van der Waals surface area contributed by atoms with Gasteiger partial charge in [-0.25, -0.2) is 0 Å². The zero-order valence-corrected chi connectivity index (χ0v) is 11.9. The minimum atomic E-state index is -0.470. The van der Waals surface area contributed by atoms with Crippen molar-refractivity contribution in [2.45, 2.75) is 38.2 Å². The highest BCUT2D eigenvalue weighted by Crippen LogP contribution is 2.30. The molecule has 0 bridgehead atoms. The number of methoxy groups -OCH3 is 1. The third kappa shape index (κ3) is 3.97. The van der Waals surface area contributed by atoms with Crippen molar-refractivity contribution < 1.29 is 19.4 Å². The Labute approximate surface area is 119 Å². The molecule has 0 spiro atoms. The van der Waals surface area contributed by atoms with Gasteiger partial charge in [0.15, 0.2) is 11.5 Å². The van der Waals surface area contributed by atoms with E-state index in [1.54, 1.807) is 25.3 Å². The van der Waals surface area contributed by atoms with E-state index < -0.39 is 6.10 Å². The molecule has 0 radical (unpaired) electrons. The van der Waals surface area contributed by atoms with Gasteiger partial charge in [-0.2, -0.15) is 0 Å². The number of hydrogen-bond acceptors (Lipinski definition) is 4. The Morgan fingerprint density at radius 2 is 2.10 bits per heavy atom. The van der Waals surface area contributed by atoms with E-state index in [4.69, 9.17) is 9.47 Å². The van der Waals surface area contributed by atoms with Crippen LogP contribution in [0.1, 0.15) is 42.5 Å². The molecular weight excluding hydrogens is 256 g/mol. The number of carbonyl (C=O) groups excluding carboxylic acids is 1. The molecule has 20 heavy (non-hydrogen) atoms. The molecule has 0 aliphatic heterocycles. The predicted octanol–water partition coefficient (Wildman–Crippen LogP) is 2.83. The summed E-state index contributed by atoms with van der Waals surface area (Å²) >= 11 is 0. The largest absolute Gasteiger partial charge is 0.493 e. The topological polar surface area (TPSA) is 55.8 Å². The molecule has 0 heterocycles. The number of aliphatic hydroxyl groups is 1. The maximum absolute atomic E-state index is 10.8. The molecule has 4 nitrogen and oxygen atoms in total. The summed E-state index contributed by atoms with van der Waals surface area (Å²) in [4.78, 5) is 10.8. The highest BCUT2D eigenvalue weighted by molar-refractivity contribution is 5.76. The van der Waals surface area contributed by atoms with Crippen molar-refractivity contribution in [2.75, 3.05) is 13.7 Å². The number of aliphatic hydroxyl groups excluding tert-OH is 1. The van der Waals surface area contributed by atoms with E-state index in [0.29, 0.717) is 23.0 Å². The normalized spacial score (nSPS) is 16.9. The molecule has 1 aliphatic carbocycles. The van der Waals surface area contributed by atoms with E-state index in [0.717, 1.165) is 12.7 Å². The van der Waals surface area contributed by atoms with Crippen molar-refractivity contribution in [3.05, 3.63) is 23.8 Å². The quantitative estimate of drug-likeness (QED) is 0.779. The number of hydrogen-bond donors (Lipinski definition) is 1. The highest BCUT2D eigenvalue weighted by Gasteiger charge is 2.19. The van der Waals surface area contributed by atoms with Gasteiger partial charge in [-0.05, 0) is 30.5 Å². The van der Waals surface area contributed by atoms with E-state index in [2.05, 4.69) is 0 Å². The molecule has 1 N–H and O–H groups in total. The highest BCUT2D eigenvalue weighted by atomic mass is 16.5. The number of benzene rings is 1. The Morgan fingerprint density at radius 1 is 1.35 bits per heavy atom. The molecule has 4 heteroatoms. The molecular formula is C16H22O4. The lowest BCUT2D eigenvalue weighted by Crippen LogP contribution is -2.20. The van der Waals surface area contributed by atoms with Gasteiger partial charge in [0.05, 0.1) is 13.2 Å². The summed E-state index contributed by atoms with van der Waals surface area (Å²) in [6.45, 7) is 0.231. The van der Waals surface area contributed by atoms with Gasteiger partial charge in [0.2, 0.25) is 0 Å². The van der Waals surface area contributed by atoms with Gasteiger partial charge in [0, 0.05) is 5.56 Å². The third-order valence-corrected chi connectivity index (χ3v) is 3.84. The van der Waals surface area contributed by atoms with Crippen LogP contribution in [-0.4, -0.2) is 31.2 Å². The van der Waals surface area contributed by atoms with Crippen LogP contribution in [0.15, 0.2) is 18.2 Å². The van der Waals surface area contributed by atoms with E-state index in [-0.39, 0.29) is 6.61 Å². The first kappa shape index (κ1) is 14.9. The second kappa shape index (κ2) is 7.29. The Hall–Kier alpha value is -1.55. The van der Waals surface area contributed by atoms with E-state index in [9.17, 15) is 9.90 Å². The van der Waals surface area contributed by atoms with Crippen molar-refractivity contribution in [3.8, 4) is 11.5 Å². The number of aldehydes is 1. The second-order valence-corrected chi connectivity index (χ2v) is 5.38. The number of ether oxygens (including phenoxy) is 2. The lowest BCUT2D eigenvalue weighted by molar-refractivity contribution is 0.0841. The summed E-state index contributed by atoms with van der Waals surface area (Å²) in [5.74, 6) is 1.70. The Morgan fingerprint density at radius 3 is 2.75 bits per heavy atom. The van der Waals surface area contributed by atoms with Crippen molar-refractivity contribution in [2.24, 2.45) is 5.92 Å². The molecule has 0 saturated heterocycles. The summed E-state index contributed by atoms with van der Waals surface area (Å²) in [6, 6.07) is 5.00. The van der Waals surface area contributed by atoms with Gasteiger partial charge in [0.1, 0.15) is 12.9 Å². The molecule has 1 unspecified atom stereocenters. The minimum Gasteiger partial charge on any atom is -0.493 e. The summed E-state index contributed by atoms with van der Waals surface area (Å²) < 4.78 is 10.8. The Balaban J connectivity index is 1.89.